The number of nitrogens with one attached hydrogen (secondary N) is 1. The maximum atomic E-state index is 12.2. The van der Waals surface area contributed by atoms with Gasteiger partial charge in [-0.15, -0.1) is 0 Å². The van der Waals surface area contributed by atoms with Gasteiger partial charge in [0, 0.05) is 17.0 Å². The monoisotopic (exact) mass is 305 g/mol. The zero-order chi connectivity index (χ0) is 15.1. The first-order valence-corrected chi connectivity index (χ1v) is 7.76. The van der Waals surface area contributed by atoms with Crippen LogP contribution in [0.15, 0.2) is 18.2 Å². The summed E-state index contributed by atoms with van der Waals surface area (Å²) in [5, 5.41) is 12.2. The molecule has 1 aromatic carbocycles. The number of aliphatic hydroxyl groups excluding tert-OH is 1. The number of hydrogen-bond donors (Lipinski definition) is 2. The fourth-order valence-corrected chi connectivity index (χ4v) is 2.89. The van der Waals surface area contributed by atoms with Crippen LogP contribution in [-0.4, -0.2) is 17.6 Å². The van der Waals surface area contributed by atoms with Gasteiger partial charge in [-0.3, -0.25) is 4.79 Å². The van der Waals surface area contributed by atoms with Crippen LogP contribution in [0.4, 0.5) is 5.69 Å². The van der Waals surface area contributed by atoms with E-state index in [1.165, 1.54) is 19.3 Å². The van der Waals surface area contributed by atoms with Gasteiger partial charge in [-0.25, -0.2) is 0 Å². The molecule has 0 saturated heterocycles. The van der Waals surface area contributed by atoms with Crippen molar-refractivity contribution >= 4 is 23.2 Å². The molecule has 1 saturated carbocycles. The quantitative estimate of drug-likeness (QED) is 0.838. The van der Waals surface area contributed by atoms with Crippen LogP contribution in [0.25, 0.3) is 0 Å². The lowest BCUT2D eigenvalue weighted by Gasteiger charge is -2.21. The van der Waals surface area contributed by atoms with E-state index in [2.05, 4.69) is 17.2 Å². The van der Waals surface area contributed by atoms with E-state index < -0.39 is 0 Å². The molecule has 1 fully saturated rings. The second kappa shape index (κ2) is 8.07. The molecule has 0 aliphatic heterocycles. The van der Waals surface area contributed by atoms with Gasteiger partial charge in [0.05, 0.1) is 5.69 Å². The summed E-state index contributed by atoms with van der Waals surface area (Å²) >= 11 is 5.98. The van der Waals surface area contributed by atoms with Gasteiger partial charge in [0.1, 0.15) is 6.61 Å². The summed E-state index contributed by atoms with van der Waals surface area (Å²) in [6.07, 6.45) is 6.57. The van der Waals surface area contributed by atoms with Crippen LogP contribution in [0.2, 0.25) is 5.02 Å². The predicted molar refractivity (Wildman–Crippen MR) is 85.2 cm³/mol. The molecule has 0 heterocycles. The first kappa shape index (κ1) is 15.9. The summed E-state index contributed by atoms with van der Waals surface area (Å²) < 4.78 is 0. The standard InChI is InChI=1S/C17H20ClNO2/c18-15-9-8-14(7-4-10-20)16(12-15)19-17(21)11-13-5-2-1-3-6-13/h8-9,12-13,20H,1-3,5-6,10-11H2,(H,19,21). The first-order valence-electron chi connectivity index (χ1n) is 7.38. The van der Waals surface area contributed by atoms with E-state index in [0.29, 0.717) is 28.6 Å². The number of benzene rings is 1. The molecule has 2 N–H and O–H groups in total. The van der Waals surface area contributed by atoms with Crippen molar-refractivity contribution < 1.29 is 9.90 Å². The number of aliphatic hydroxyl groups is 1. The molecule has 1 aliphatic carbocycles. The molecule has 0 spiro atoms. The van der Waals surface area contributed by atoms with Crippen molar-refractivity contribution in [2.75, 3.05) is 11.9 Å². The third-order valence-electron chi connectivity index (χ3n) is 3.76. The number of rotatable bonds is 3. The molecule has 0 aromatic heterocycles. The van der Waals surface area contributed by atoms with Crippen molar-refractivity contribution in [2.45, 2.75) is 38.5 Å². The Morgan fingerprint density at radius 1 is 1.33 bits per heavy atom. The maximum Gasteiger partial charge on any atom is 0.224 e. The third kappa shape index (κ3) is 5.08. The number of amides is 1. The van der Waals surface area contributed by atoms with Crippen LogP contribution >= 0.6 is 11.6 Å². The van der Waals surface area contributed by atoms with Gasteiger partial charge < -0.3 is 10.4 Å². The zero-order valence-electron chi connectivity index (χ0n) is 12.0. The fourth-order valence-electron chi connectivity index (χ4n) is 2.72. The molecule has 1 amide bonds. The lowest BCUT2D eigenvalue weighted by molar-refractivity contribution is -0.117. The molecule has 0 radical (unpaired) electrons. The van der Waals surface area contributed by atoms with Gasteiger partial charge in [-0.1, -0.05) is 42.7 Å². The van der Waals surface area contributed by atoms with Crippen molar-refractivity contribution in [1.29, 1.82) is 0 Å². The smallest absolute Gasteiger partial charge is 0.224 e. The molecule has 1 aliphatic rings. The molecule has 4 heteroatoms. The molecule has 0 atom stereocenters. The van der Waals surface area contributed by atoms with E-state index in [1.807, 2.05) is 0 Å². The Bertz CT molecular complexity index is 554. The van der Waals surface area contributed by atoms with Gasteiger partial charge in [0.25, 0.3) is 0 Å². The van der Waals surface area contributed by atoms with Crippen LogP contribution in [-0.2, 0) is 4.79 Å². The second-order valence-corrected chi connectivity index (χ2v) is 5.84. The van der Waals surface area contributed by atoms with Crippen molar-refractivity contribution in [1.82, 2.24) is 0 Å². The maximum absolute atomic E-state index is 12.2. The molecular weight excluding hydrogens is 286 g/mol. The van der Waals surface area contributed by atoms with Crippen LogP contribution in [0.1, 0.15) is 44.1 Å². The highest BCUT2D eigenvalue weighted by Gasteiger charge is 2.17. The zero-order valence-corrected chi connectivity index (χ0v) is 12.7. The summed E-state index contributed by atoms with van der Waals surface area (Å²) in [7, 11) is 0. The summed E-state index contributed by atoms with van der Waals surface area (Å²) in [5.74, 6) is 5.92. The number of carbonyl (C=O) groups excluding carboxylic acids is 1. The predicted octanol–water partition coefficient (Wildman–Crippen LogP) is 3.59. The van der Waals surface area contributed by atoms with Crippen molar-refractivity contribution in [3.8, 4) is 11.8 Å². The van der Waals surface area contributed by atoms with Crippen molar-refractivity contribution in [3.05, 3.63) is 28.8 Å². The minimum absolute atomic E-state index is 0.0104. The van der Waals surface area contributed by atoms with Gasteiger partial charge in [-0.2, -0.15) is 0 Å². The minimum atomic E-state index is -0.210. The van der Waals surface area contributed by atoms with Crippen LogP contribution in [0, 0.1) is 17.8 Å². The van der Waals surface area contributed by atoms with E-state index in [4.69, 9.17) is 16.7 Å². The van der Waals surface area contributed by atoms with Crippen LogP contribution < -0.4 is 5.32 Å². The summed E-state index contributed by atoms with van der Waals surface area (Å²) in [6, 6.07) is 5.17. The highest BCUT2D eigenvalue weighted by atomic mass is 35.5. The van der Waals surface area contributed by atoms with Crippen molar-refractivity contribution in [3.63, 3.8) is 0 Å². The second-order valence-electron chi connectivity index (χ2n) is 5.41. The van der Waals surface area contributed by atoms with Crippen LogP contribution in [0.5, 0.6) is 0 Å². The lowest BCUT2D eigenvalue weighted by Crippen LogP contribution is -2.18. The highest BCUT2D eigenvalue weighted by molar-refractivity contribution is 6.31. The van der Waals surface area contributed by atoms with E-state index in [9.17, 15) is 4.79 Å². The van der Waals surface area contributed by atoms with Gasteiger partial charge in [0.15, 0.2) is 0 Å². The molecule has 0 bridgehead atoms. The molecule has 3 nitrogen and oxygen atoms in total. The molecule has 0 unspecified atom stereocenters. The molecule has 112 valence electrons. The summed E-state index contributed by atoms with van der Waals surface area (Å²) in [5.41, 5.74) is 1.29. The molecule has 1 aromatic rings. The number of hydrogen-bond acceptors (Lipinski definition) is 2. The van der Waals surface area contributed by atoms with Crippen LogP contribution in [0.3, 0.4) is 0 Å². The molecule has 21 heavy (non-hydrogen) atoms. The number of carbonyl (C=O) groups is 1. The van der Waals surface area contributed by atoms with E-state index in [1.54, 1.807) is 18.2 Å². The topological polar surface area (TPSA) is 49.3 Å². The number of halogens is 1. The van der Waals surface area contributed by atoms with E-state index in [-0.39, 0.29) is 12.5 Å². The third-order valence-corrected chi connectivity index (χ3v) is 3.99. The SMILES string of the molecule is O=C(CC1CCCCC1)Nc1cc(Cl)ccc1C#CCO. The average Bonchev–Trinajstić information content (AvgIpc) is 2.47. The van der Waals surface area contributed by atoms with E-state index >= 15 is 0 Å². The Balaban J connectivity index is 2.03. The fraction of sp³-hybridized carbons (Fsp3) is 0.471. The van der Waals surface area contributed by atoms with Gasteiger partial charge >= 0.3 is 0 Å². The first-order chi connectivity index (χ1) is 10.2. The Kier molecular flexibility index (Phi) is 6.10. The molecular formula is C17H20ClNO2. The lowest BCUT2D eigenvalue weighted by atomic mass is 9.87. The largest absolute Gasteiger partial charge is 0.384 e. The van der Waals surface area contributed by atoms with Crippen molar-refractivity contribution in [2.24, 2.45) is 5.92 Å². The normalized spacial score (nSPS) is 15.1. The Labute approximate surface area is 130 Å². The Hall–Kier alpha value is -1.50. The highest BCUT2D eigenvalue weighted by Crippen LogP contribution is 2.27. The number of anilines is 1. The Morgan fingerprint density at radius 3 is 2.81 bits per heavy atom. The Morgan fingerprint density at radius 2 is 2.10 bits per heavy atom. The average molecular weight is 306 g/mol. The summed E-state index contributed by atoms with van der Waals surface area (Å²) in [4.78, 5) is 12.2. The summed E-state index contributed by atoms with van der Waals surface area (Å²) in [6.45, 7) is -0.210. The van der Waals surface area contributed by atoms with Gasteiger partial charge in [0.2, 0.25) is 5.91 Å². The minimum Gasteiger partial charge on any atom is -0.384 e. The molecule has 2 rings (SSSR count). The van der Waals surface area contributed by atoms with Gasteiger partial charge in [-0.05, 0) is 37.0 Å². The van der Waals surface area contributed by atoms with E-state index in [0.717, 1.165) is 12.8 Å².